The topological polar surface area (TPSA) is 9.23 Å². The van der Waals surface area contributed by atoms with E-state index < -0.39 is 0 Å². The number of ether oxygens (including phenoxy) is 1. The van der Waals surface area contributed by atoms with Gasteiger partial charge in [-0.1, -0.05) is 11.6 Å². The van der Waals surface area contributed by atoms with Gasteiger partial charge in [0.15, 0.2) is 0 Å². The number of alkyl halides is 1. The standard InChI is InChI=1S/C7H11ClO/c1-2-3-4-5-6-9-7-8/h1H,3-7H2. The normalized spacial score (nSPS) is 8.89. The highest BCUT2D eigenvalue weighted by molar-refractivity contribution is 6.17. The molecule has 0 aliphatic carbocycles. The highest BCUT2D eigenvalue weighted by Gasteiger charge is 1.84. The van der Waals surface area contributed by atoms with Gasteiger partial charge in [0.25, 0.3) is 0 Å². The second kappa shape index (κ2) is 7.81. The van der Waals surface area contributed by atoms with Crippen LogP contribution >= 0.6 is 11.6 Å². The molecule has 0 rings (SSSR count). The third kappa shape index (κ3) is 7.81. The minimum atomic E-state index is 0.288. The molecule has 0 heterocycles. The Balaban J connectivity index is 2.69. The quantitative estimate of drug-likeness (QED) is 0.328. The average molecular weight is 147 g/mol. The number of hydrogen-bond donors (Lipinski definition) is 0. The number of hydrogen-bond acceptors (Lipinski definition) is 1. The summed E-state index contributed by atoms with van der Waals surface area (Å²) in [6, 6.07) is 0.288. The van der Waals surface area contributed by atoms with Crippen molar-refractivity contribution in [1.29, 1.82) is 0 Å². The molecule has 1 nitrogen and oxygen atoms in total. The zero-order valence-electron chi connectivity index (χ0n) is 5.40. The molecule has 0 aliphatic heterocycles. The Kier molecular flexibility index (Phi) is 7.65. The van der Waals surface area contributed by atoms with E-state index in [-0.39, 0.29) is 6.07 Å². The summed E-state index contributed by atoms with van der Waals surface area (Å²) >= 11 is 5.25. The molecule has 0 atom stereocenters. The number of rotatable bonds is 5. The fraction of sp³-hybridized carbons (Fsp3) is 0.714. The van der Waals surface area contributed by atoms with E-state index in [1.807, 2.05) is 0 Å². The lowest BCUT2D eigenvalue weighted by Crippen LogP contribution is -1.90. The maximum absolute atomic E-state index is 5.25. The van der Waals surface area contributed by atoms with Gasteiger partial charge in [-0.05, 0) is 12.8 Å². The molecule has 0 aromatic heterocycles. The van der Waals surface area contributed by atoms with Crippen LogP contribution < -0.4 is 0 Å². The Morgan fingerprint density at radius 2 is 2.22 bits per heavy atom. The summed E-state index contributed by atoms with van der Waals surface area (Å²) in [5, 5.41) is 0. The monoisotopic (exact) mass is 146 g/mol. The highest BCUT2D eigenvalue weighted by Crippen LogP contribution is 1.94. The van der Waals surface area contributed by atoms with E-state index in [0.29, 0.717) is 0 Å². The van der Waals surface area contributed by atoms with Crippen molar-refractivity contribution in [1.82, 2.24) is 0 Å². The second-order valence-electron chi connectivity index (χ2n) is 1.68. The van der Waals surface area contributed by atoms with Crippen molar-refractivity contribution in [3.05, 3.63) is 0 Å². The average Bonchev–Trinajstić information content (AvgIpc) is 1.89. The molecule has 2 heteroatoms. The molecule has 9 heavy (non-hydrogen) atoms. The van der Waals surface area contributed by atoms with Crippen LogP contribution in [0.15, 0.2) is 0 Å². The van der Waals surface area contributed by atoms with Crippen LogP contribution in [0.25, 0.3) is 0 Å². The zero-order chi connectivity index (χ0) is 6.95. The van der Waals surface area contributed by atoms with Crippen molar-refractivity contribution >= 4 is 11.6 Å². The van der Waals surface area contributed by atoms with Crippen LogP contribution in [0.2, 0.25) is 0 Å². The first kappa shape index (κ1) is 8.81. The van der Waals surface area contributed by atoms with Crippen molar-refractivity contribution < 1.29 is 4.74 Å². The van der Waals surface area contributed by atoms with Crippen molar-refractivity contribution in [3.63, 3.8) is 0 Å². The maximum atomic E-state index is 5.25. The third-order valence-corrected chi connectivity index (χ3v) is 1.09. The van der Waals surface area contributed by atoms with Crippen LogP contribution in [0.3, 0.4) is 0 Å². The van der Waals surface area contributed by atoms with Gasteiger partial charge in [0.2, 0.25) is 0 Å². The van der Waals surface area contributed by atoms with Crippen LogP contribution in [0.4, 0.5) is 0 Å². The molecule has 0 amide bonds. The molecule has 0 saturated carbocycles. The number of unbranched alkanes of at least 4 members (excludes halogenated alkanes) is 2. The minimum Gasteiger partial charge on any atom is -0.366 e. The molecule has 0 fully saturated rings. The van der Waals surface area contributed by atoms with Gasteiger partial charge < -0.3 is 4.74 Å². The molecule has 0 bridgehead atoms. The first-order chi connectivity index (χ1) is 4.41. The van der Waals surface area contributed by atoms with Crippen molar-refractivity contribution in [2.45, 2.75) is 19.3 Å². The summed E-state index contributed by atoms with van der Waals surface area (Å²) in [5.41, 5.74) is 0. The van der Waals surface area contributed by atoms with E-state index in [0.717, 1.165) is 25.9 Å². The molecular formula is C7H11ClO. The molecule has 0 saturated heterocycles. The van der Waals surface area contributed by atoms with Crippen LogP contribution in [0.5, 0.6) is 0 Å². The first-order valence-electron chi connectivity index (χ1n) is 2.99. The van der Waals surface area contributed by atoms with Crippen LogP contribution in [0.1, 0.15) is 19.3 Å². The van der Waals surface area contributed by atoms with E-state index in [1.54, 1.807) is 0 Å². The molecule has 0 aromatic carbocycles. The van der Waals surface area contributed by atoms with E-state index in [2.05, 4.69) is 5.92 Å². The number of halogens is 1. The molecular weight excluding hydrogens is 136 g/mol. The Labute approximate surface area is 61.3 Å². The zero-order valence-corrected chi connectivity index (χ0v) is 6.16. The summed E-state index contributed by atoms with van der Waals surface area (Å²) < 4.78 is 4.88. The van der Waals surface area contributed by atoms with Crippen LogP contribution in [-0.4, -0.2) is 12.7 Å². The lowest BCUT2D eigenvalue weighted by Gasteiger charge is -1.95. The largest absolute Gasteiger partial charge is 0.366 e. The maximum Gasteiger partial charge on any atom is 0.120 e. The fourth-order valence-electron chi connectivity index (χ4n) is 0.486. The van der Waals surface area contributed by atoms with Crippen LogP contribution in [0, 0.1) is 12.3 Å². The molecule has 0 aliphatic rings. The van der Waals surface area contributed by atoms with Gasteiger partial charge in [0, 0.05) is 13.0 Å². The van der Waals surface area contributed by atoms with Gasteiger partial charge in [0.05, 0.1) is 0 Å². The number of terminal acetylenes is 1. The Morgan fingerprint density at radius 3 is 2.78 bits per heavy atom. The molecule has 0 unspecified atom stereocenters. The van der Waals surface area contributed by atoms with E-state index in [1.165, 1.54) is 0 Å². The molecule has 52 valence electrons. The van der Waals surface area contributed by atoms with E-state index in [9.17, 15) is 0 Å². The van der Waals surface area contributed by atoms with Crippen molar-refractivity contribution in [2.75, 3.05) is 12.7 Å². The predicted molar refractivity (Wildman–Crippen MR) is 39.4 cm³/mol. The summed E-state index contributed by atoms with van der Waals surface area (Å²) in [4.78, 5) is 0. The highest BCUT2D eigenvalue weighted by atomic mass is 35.5. The molecule has 0 radical (unpaired) electrons. The van der Waals surface area contributed by atoms with Gasteiger partial charge in [-0.2, -0.15) is 0 Å². The van der Waals surface area contributed by atoms with Crippen molar-refractivity contribution in [2.24, 2.45) is 0 Å². The predicted octanol–water partition coefficient (Wildman–Crippen LogP) is 2.00. The summed E-state index contributed by atoms with van der Waals surface area (Å²) in [7, 11) is 0. The summed E-state index contributed by atoms with van der Waals surface area (Å²) in [5.74, 6) is 2.56. The Bertz CT molecular complexity index is 85.4. The molecule has 0 spiro atoms. The SMILES string of the molecule is C#CCCCCOCCl. The van der Waals surface area contributed by atoms with Gasteiger partial charge in [0.1, 0.15) is 6.07 Å². The smallest absolute Gasteiger partial charge is 0.120 e. The summed E-state index contributed by atoms with van der Waals surface area (Å²) in [6.45, 7) is 0.727. The second-order valence-corrected chi connectivity index (χ2v) is 1.90. The third-order valence-electron chi connectivity index (χ3n) is 0.937. The van der Waals surface area contributed by atoms with Gasteiger partial charge in [-0.3, -0.25) is 0 Å². The molecule has 0 aromatic rings. The van der Waals surface area contributed by atoms with Gasteiger partial charge in [-0.15, -0.1) is 12.3 Å². The first-order valence-corrected chi connectivity index (χ1v) is 3.52. The lowest BCUT2D eigenvalue weighted by molar-refractivity contribution is 0.174. The molecule has 0 N–H and O–H groups in total. The van der Waals surface area contributed by atoms with E-state index >= 15 is 0 Å². The Morgan fingerprint density at radius 1 is 1.44 bits per heavy atom. The fourth-order valence-corrected chi connectivity index (χ4v) is 0.595. The Hall–Kier alpha value is -0.190. The van der Waals surface area contributed by atoms with Gasteiger partial charge >= 0.3 is 0 Å². The van der Waals surface area contributed by atoms with E-state index in [4.69, 9.17) is 22.8 Å². The summed E-state index contributed by atoms with van der Waals surface area (Å²) in [6.07, 6.45) is 7.91. The van der Waals surface area contributed by atoms with Gasteiger partial charge in [-0.25, -0.2) is 0 Å². The van der Waals surface area contributed by atoms with Crippen molar-refractivity contribution in [3.8, 4) is 12.3 Å². The van der Waals surface area contributed by atoms with Crippen LogP contribution in [-0.2, 0) is 4.74 Å². The lowest BCUT2D eigenvalue weighted by atomic mass is 10.2. The minimum absolute atomic E-state index is 0.288.